The molecule has 0 saturated heterocycles. The van der Waals surface area contributed by atoms with Crippen LogP contribution in [0.3, 0.4) is 0 Å². The van der Waals surface area contributed by atoms with Crippen LogP contribution in [0.4, 0.5) is 5.82 Å². The minimum Gasteiger partial charge on any atom is -0.388 e. The summed E-state index contributed by atoms with van der Waals surface area (Å²) in [5.74, 6) is 0.695. The van der Waals surface area contributed by atoms with Gasteiger partial charge in [-0.2, -0.15) is 0 Å². The Labute approximate surface area is 94.3 Å². The fourth-order valence-electron chi connectivity index (χ4n) is 1.50. The van der Waals surface area contributed by atoms with Crippen molar-refractivity contribution in [3.8, 4) is 0 Å². The maximum absolute atomic E-state index is 5.57. The Morgan fingerprint density at radius 2 is 2.13 bits per heavy atom. The minimum absolute atomic E-state index is 0.282. The van der Waals surface area contributed by atoms with Gasteiger partial charge in [-0.1, -0.05) is 26.1 Å². The Morgan fingerprint density at radius 1 is 1.53 bits per heavy atom. The summed E-state index contributed by atoms with van der Waals surface area (Å²) in [6, 6.07) is 0.447. The molecule has 4 nitrogen and oxygen atoms in total. The van der Waals surface area contributed by atoms with Gasteiger partial charge in [-0.15, -0.1) is 0 Å². The van der Waals surface area contributed by atoms with Crippen molar-refractivity contribution < 1.29 is 0 Å². The van der Waals surface area contributed by atoms with Crippen molar-refractivity contribution in [3.63, 3.8) is 0 Å². The molecule has 0 bridgehead atoms. The third-order valence-electron chi connectivity index (χ3n) is 2.76. The molecular weight excluding hydrogens is 208 g/mol. The topological polar surface area (TPSA) is 63.8 Å². The molecule has 2 rings (SSSR count). The van der Waals surface area contributed by atoms with Gasteiger partial charge in [-0.3, -0.25) is 0 Å². The lowest BCUT2D eigenvalue weighted by atomic mass is 10.2. The van der Waals surface area contributed by atoms with Gasteiger partial charge in [0.15, 0.2) is 5.82 Å². The molecule has 0 aliphatic heterocycles. The second-order valence-corrected chi connectivity index (χ2v) is 4.95. The van der Waals surface area contributed by atoms with Gasteiger partial charge in [0.05, 0.1) is 0 Å². The highest BCUT2D eigenvalue weighted by Gasteiger charge is 2.46. The predicted octanol–water partition coefficient (Wildman–Crippen LogP) is 1.32. The first-order valence-electron chi connectivity index (χ1n) is 4.88. The van der Waals surface area contributed by atoms with Gasteiger partial charge < -0.3 is 11.1 Å². The van der Waals surface area contributed by atoms with E-state index in [9.17, 15) is 0 Å². The molecule has 1 atom stereocenters. The van der Waals surface area contributed by atoms with Crippen LogP contribution in [0.15, 0.2) is 12.4 Å². The molecule has 1 aliphatic rings. The second kappa shape index (κ2) is 3.41. The standard InChI is InChI=1S/C10H14N4S/c1-10(2)5-6(10)14-9-7(8(11)15)12-3-4-13-9/h3-4,6H,5H2,1-2H3,(H2,11,15)(H,13,14). The second-order valence-electron chi connectivity index (χ2n) is 4.51. The summed E-state index contributed by atoms with van der Waals surface area (Å²) < 4.78 is 0. The summed E-state index contributed by atoms with van der Waals surface area (Å²) in [5, 5.41) is 3.31. The molecule has 0 radical (unpaired) electrons. The van der Waals surface area contributed by atoms with E-state index >= 15 is 0 Å². The third kappa shape index (κ3) is 2.07. The molecule has 80 valence electrons. The van der Waals surface area contributed by atoms with E-state index in [1.165, 1.54) is 0 Å². The lowest BCUT2D eigenvalue weighted by molar-refractivity contribution is 0.629. The molecule has 0 aromatic carbocycles. The zero-order chi connectivity index (χ0) is 11.1. The minimum atomic E-state index is 0.282. The Kier molecular flexibility index (Phi) is 2.34. The van der Waals surface area contributed by atoms with Crippen molar-refractivity contribution in [1.82, 2.24) is 9.97 Å². The molecule has 1 heterocycles. The van der Waals surface area contributed by atoms with Crippen molar-refractivity contribution >= 4 is 23.0 Å². The summed E-state index contributed by atoms with van der Waals surface area (Å²) in [4.78, 5) is 8.60. The third-order valence-corrected chi connectivity index (χ3v) is 2.95. The van der Waals surface area contributed by atoms with E-state index < -0.39 is 0 Å². The van der Waals surface area contributed by atoms with E-state index in [-0.39, 0.29) is 4.99 Å². The first-order valence-corrected chi connectivity index (χ1v) is 5.29. The molecular formula is C10H14N4S. The summed E-state index contributed by atoms with van der Waals surface area (Å²) in [7, 11) is 0. The number of thiocarbonyl (C=S) groups is 1. The number of hydrogen-bond acceptors (Lipinski definition) is 4. The van der Waals surface area contributed by atoms with E-state index in [0.29, 0.717) is 23.0 Å². The molecule has 1 saturated carbocycles. The van der Waals surface area contributed by atoms with Crippen LogP contribution in [0.5, 0.6) is 0 Å². The SMILES string of the molecule is CC1(C)CC1Nc1nccnc1C(N)=S. The molecule has 1 fully saturated rings. The Bertz CT molecular complexity index is 402. The number of rotatable bonds is 3. The Morgan fingerprint density at radius 3 is 2.67 bits per heavy atom. The van der Waals surface area contributed by atoms with Gasteiger partial charge in [-0.05, 0) is 11.8 Å². The molecule has 1 aliphatic carbocycles. The molecule has 3 N–H and O–H groups in total. The van der Waals surface area contributed by atoms with Crippen molar-refractivity contribution in [2.75, 3.05) is 5.32 Å². The molecule has 5 heteroatoms. The van der Waals surface area contributed by atoms with Crippen LogP contribution in [0.2, 0.25) is 0 Å². The summed E-state index contributed by atoms with van der Waals surface area (Å²) >= 11 is 4.92. The van der Waals surface area contributed by atoms with Crippen LogP contribution in [0.25, 0.3) is 0 Å². The highest BCUT2D eigenvalue weighted by atomic mass is 32.1. The predicted molar refractivity (Wildman–Crippen MR) is 63.7 cm³/mol. The highest BCUT2D eigenvalue weighted by Crippen LogP contribution is 2.46. The van der Waals surface area contributed by atoms with Crippen LogP contribution in [0, 0.1) is 5.41 Å². The highest BCUT2D eigenvalue weighted by molar-refractivity contribution is 7.80. The van der Waals surface area contributed by atoms with Crippen molar-refractivity contribution in [3.05, 3.63) is 18.1 Å². The zero-order valence-corrected chi connectivity index (χ0v) is 9.64. The average molecular weight is 222 g/mol. The quantitative estimate of drug-likeness (QED) is 0.755. The zero-order valence-electron chi connectivity index (χ0n) is 8.82. The smallest absolute Gasteiger partial charge is 0.155 e. The van der Waals surface area contributed by atoms with Gasteiger partial charge in [0, 0.05) is 18.4 Å². The maximum atomic E-state index is 5.57. The van der Waals surface area contributed by atoms with Gasteiger partial charge in [0.25, 0.3) is 0 Å². The van der Waals surface area contributed by atoms with Crippen LogP contribution < -0.4 is 11.1 Å². The first kappa shape index (κ1) is 10.3. The van der Waals surface area contributed by atoms with Crippen molar-refractivity contribution in [2.24, 2.45) is 11.1 Å². The molecule has 0 spiro atoms. The van der Waals surface area contributed by atoms with Gasteiger partial charge in [0.1, 0.15) is 10.7 Å². The number of anilines is 1. The molecule has 1 aromatic rings. The van der Waals surface area contributed by atoms with E-state index in [4.69, 9.17) is 18.0 Å². The summed E-state index contributed by atoms with van der Waals surface area (Å²) in [5.41, 5.74) is 6.48. The first-order chi connectivity index (χ1) is 7.00. The number of aromatic nitrogens is 2. The normalized spacial score (nSPS) is 22.1. The van der Waals surface area contributed by atoms with Crippen molar-refractivity contribution in [2.45, 2.75) is 26.3 Å². The lowest BCUT2D eigenvalue weighted by Crippen LogP contribution is -2.18. The Balaban J connectivity index is 2.18. The number of nitrogens with zero attached hydrogens (tertiary/aromatic N) is 2. The maximum Gasteiger partial charge on any atom is 0.155 e. The molecule has 1 aromatic heterocycles. The van der Waals surface area contributed by atoms with E-state index in [1.807, 2.05) is 0 Å². The van der Waals surface area contributed by atoms with Gasteiger partial charge in [-0.25, -0.2) is 9.97 Å². The number of hydrogen-bond donors (Lipinski definition) is 2. The molecule has 0 amide bonds. The van der Waals surface area contributed by atoms with Gasteiger partial charge >= 0.3 is 0 Å². The Hall–Kier alpha value is -1.23. The van der Waals surface area contributed by atoms with Crippen LogP contribution >= 0.6 is 12.2 Å². The fourth-order valence-corrected chi connectivity index (χ4v) is 1.65. The fraction of sp³-hybridized carbons (Fsp3) is 0.500. The lowest BCUT2D eigenvalue weighted by Gasteiger charge is -2.09. The summed E-state index contributed by atoms with van der Waals surface area (Å²) in [6.45, 7) is 4.42. The van der Waals surface area contributed by atoms with Crippen LogP contribution in [-0.4, -0.2) is 21.0 Å². The monoisotopic (exact) mass is 222 g/mol. The van der Waals surface area contributed by atoms with Crippen LogP contribution in [0.1, 0.15) is 26.0 Å². The van der Waals surface area contributed by atoms with Gasteiger partial charge in [0.2, 0.25) is 0 Å². The number of nitrogens with one attached hydrogen (secondary N) is 1. The van der Waals surface area contributed by atoms with E-state index in [2.05, 4.69) is 29.1 Å². The summed E-state index contributed by atoms with van der Waals surface area (Å²) in [6.07, 6.45) is 4.37. The largest absolute Gasteiger partial charge is 0.388 e. The van der Waals surface area contributed by atoms with Crippen molar-refractivity contribution in [1.29, 1.82) is 0 Å². The number of nitrogens with two attached hydrogens (primary N) is 1. The molecule has 15 heavy (non-hydrogen) atoms. The van der Waals surface area contributed by atoms with Crippen LogP contribution in [-0.2, 0) is 0 Å². The van der Waals surface area contributed by atoms with E-state index in [0.717, 1.165) is 6.42 Å². The average Bonchev–Trinajstić information content (AvgIpc) is 2.74. The molecule has 1 unspecified atom stereocenters. The van der Waals surface area contributed by atoms with E-state index in [1.54, 1.807) is 12.4 Å².